The fourth-order valence-corrected chi connectivity index (χ4v) is 1.93. The van der Waals surface area contributed by atoms with E-state index in [2.05, 4.69) is 20.5 Å². The van der Waals surface area contributed by atoms with E-state index in [1.165, 1.54) is 6.21 Å². The summed E-state index contributed by atoms with van der Waals surface area (Å²) >= 11 is 0. The van der Waals surface area contributed by atoms with E-state index >= 15 is 0 Å². The van der Waals surface area contributed by atoms with Crippen LogP contribution < -0.4 is 5.43 Å². The predicted molar refractivity (Wildman–Crippen MR) is 77.6 cm³/mol. The van der Waals surface area contributed by atoms with E-state index < -0.39 is 0 Å². The molecule has 20 heavy (non-hydrogen) atoms. The Morgan fingerprint density at radius 2 is 2.05 bits per heavy atom. The summed E-state index contributed by atoms with van der Waals surface area (Å²) in [5.74, 6) is -0.255. The molecule has 0 unspecified atom stereocenters. The highest BCUT2D eigenvalue weighted by Crippen LogP contribution is 2.17. The Morgan fingerprint density at radius 3 is 2.90 bits per heavy atom. The second kappa shape index (κ2) is 5.36. The minimum absolute atomic E-state index is 0.255. The fraction of sp³-hybridized carbons (Fsp3) is 0. The number of aromatic nitrogens is 2. The maximum absolute atomic E-state index is 12.0. The van der Waals surface area contributed by atoms with Crippen LogP contribution in [-0.2, 0) is 0 Å². The molecule has 1 amide bonds. The predicted octanol–water partition coefficient (Wildman–Crippen LogP) is 2.33. The Bertz CT molecular complexity index is 762. The molecular weight excluding hydrogens is 252 g/mol. The summed E-state index contributed by atoms with van der Waals surface area (Å²) in [6, 6.07) is 13.1. The van der Waals surface area contributed by atoms with Crippen LogP contribution in [-0.4, -0.2) is 22.1 Å². The summed E-state index contributed by atoms with van der Waals surface area (Å²) in [7, 11) is 0. The SMILES string of the molecule is O=C(N/N=C\c1ccccn1)c1c[nH]c2ccccc12. The number of carbonyl (C=O) groups excluding carboxylic acids is 1. The molecule has 5 heteroatoms. The number of aromatic amines is 1. The number of hydrogen-bond acceptors (Lipinski definition) is 3. The number of fused-ring (bicyclic) bond motifs is 1. The number of H-pyrrole nitrogens is 1. The van der Waals surface area contributed by atoms with Crippen molar-refractivity contribution in [1.82, 2.24) is 15.4 Å². The molecule has 0 saturated heterocycles. The molecule has 3 aromatic rings. The summed E-state index contributed by atoms with van der Waals surface area (Å²) in [6.45, 7) is 0. The first kappa shape index (κ1) is 12.1. The van der Waals surface area contributed by atoms with Gasteiger partial charge >= 0.3 is 0 Å². The van der Waals surface area contributed by atoms with Crippen LogP contribution in [0.25, 0.3) is 10.9 Å². The van der Waals surface area contributed by atoms with Crippen molar-refractivity contribution in [1.29, 1.82) is 0 Å². The van der Waals surface area contributed by atoms with Gasteiger partial charge in [-0.15, -0.1) is 0 Å². The Morgan fingerprint density at radius 1 is 1.20 bits per heavy atom. The number of pyridine rings is 1. The quantitative estimate of drug-likeness (QED) is 0.563. The van der Waals surface area contributed by atoms with Crippen LogP contribution in [0.3, 0.4) is 0 Å². The summed E-state index contributed by atoms with van der Waals surface area (Å²) in [4.78, 5) is 19.2. The normalized spacial score (nSPS) is 11.0. The molecular formula is C15H12N4O. The van der Waals surface area contributed by atoms with Crippen molar-refractivity contribution in [2.45, 2.75) is 0 Å². The molecule has 0 aliphatic rings. The van der Waals surface area contributed by atoms with Crippen LogP contribution in [0.1, 0.15) is 16.1 Å². The molecule has 2 aromatic heterocycles. The van der Waals surface area contributed by atoms with Crippen molar-refractivity contribution in [3.05, 3.63) is 66.1 Å². The Labute approximate surface area is 115 Å². The van der Waals surface area contributed by atoms with Crippen molar-refractivity contribution in [2.24, 2.45) is 5.10 Å². The molecule has 98 valence electrons. The molecule has 0 aliphatic carbocycles. The van der Waals surface area contributed by atoms with E-state index in [0.29, 0.717) is 11.3 Å². The van der Waals surface area contributed by atoms with E-state index in [1.807, 2.05) is 36.4 Å². The summed E-state index contributed by atoms with van der Waals surface area (Å²) in [6.07, 6.45) is 4.85. The number of amides is 1. The lowest BCUT2D eigenvalue weighted by Crippen LogP contribution is -2.17. The molecule has 1 aromatic carbocycles. The first-order valence-corrected chi connectivity index (χ1v) is 6.15. The lowest BCUT2D eigenvalue weighted by Gasteiger charge is -1.97. The molecule has 5 nitrogen and oxygen atoms in total. The lowest BCUT2D eigenvalue weighted by atomic mass is 10.2. The van der Waals surface area contributed by atoms with E-state index in [9.17, 15) is 4.79 Å². The lowest BCUT2D eigenvalue weighted by molar-refractivity contribution is 0.0957. The van der Waals surface area contributed by atoms with Crippen molar-refractivity contribution in [3.8, 4) is 0 Å². The highest BCUT2D eigenvalue weighted by Gasteiger charge is 2.10. The smallest absolute Gasteiger partial charge is 0.273 e. The van der Waals surface area contributed by atoms with Crippen LogP contribution in [0, 0.1) is 0 Å². The minimum atomic E-state index is -0.255. The molecule has 2 heterocycles. The van der Waals surface area contributed by atoms with Gasteiger partial charge in [0, 0.05) is 23.3 Å². The number of hydrogen-bond donors (Lipinski definition) is 2. The number of hydrazone groups is 1. The summed E-state index contributed by atoms with van der Waals surface area (Å²) < 4.78 is 0. The molecule has 2 N–H and O–H groups in total. The van der Waals surface area contributed by atoms with Gasteiger partial charge in [0.1, 0.15) is 0 Å². The van der Waals surface area contributed by atoms with Crippen LogP contribution in [0.15, 0.2) is 60.0 Å². The first-order valence-electron chi connectivity index (χ1n) is 6.15. The number of carbonyl (C=O) groups is 1. The van der Waals surface area contributed by atoms with Crippen LogP contribution in [0.2, 0.25) is 0 Å². The molecule has 0 radical (unpaired) electrons. The zero-order valence-corrected chi connectivity index (χ0v) is 10.6. The number of nitrogens with zero attached hydrogens (tertiary/aromatic N) is 2. The second-order valence-electron chi connectivity index (χ2n) is 4.20. The zero-order chi connectivity index (χ0) is 13.8. The Kier molecular flexibility index (Phi) is 3.24. The van der Waals surface area contributed by atoms with E-state index in [0.717, 1.165) is 10.9 Å². The van der Waals surface area contributed by atoms with Gasteiger partial charge in [-0.25, -0.2) is 5.43 Å². The third-order valence-electron chi connectivity index (χ3n) is 2.88. The number of rotatable bonds is 3. The highest BCUT2D eigenvalue weighted by molar-refractivity contribution is 6.06. The Hall–Kier alpha value is -2.95. The Balaban J connectivity index is 1.75. The first-order chi connectivity index (χ1) is 9.84. The van der Waals surface area contributed by atoms with Crippen molar-refractivity contribution in [3.63, 3.8) is 0 Å². The van der Waals surface area contributed by atoms with Gasteiger partial charge in [0.2, 0.25) is 0 Å². The average Bonchev–Trinajstić information content (AvgIpc) is 2.92. The van der Waals surface area contributed by atoms with Gasteiger partial charge in [-0.3, -0.25) is 9.78 Å². The second-order valence-corrected chi connectivity index (χ2v) is 4.20. The van der Waals surface area contributed by atoms with E-state index in [1.54, 1.807) is 18.5 Å². The third kappa shape index (κ3) is 2.42. The van der Waals surface area contributed by atoms with Crippen LogP contribution in [0.5, 0.6) is 0 Å². The molecule has 0 aliphatic heterocycles. The maximum atomic E-state index is 12.0. The topological polar surface area (TPSA) is 70.1 Å². The standard InChI is InChI=1S/C15H12N4O/c20-15(19-18-9-11-5-3-4-8-16-11)13-10-17-14-7-2-1-6-12(13)14/h1-10,17H,(H,19,20)/b18-9-. The van der Waals surface area contributed by atoms with E-state index in [4.69, 9.17) is 0 Å². The summed E-state index contributed by atoms with van der Waals surface area (Å²) in [5, 5.41) is 4.78. The van der Waals surface area contributed by atoms with Crippen LogP contribution in [0.4, 0.5) is 0 Å². The fourth-order valence-electron chi connectivity index (χ4n) is 1.93. The van der Waals surface area contributed by atoms with Crippen LogP contribution >= 0.6 is 0 Å². The monoisotopic (exact) mass is 264 g/mol. The molecule has 0 saturated carbocycles. The third-order valence-corrected chi connectivity index (χ3v) is 2.88. The minimum Gasteiger partial charge on any atom is -0.360 e. The molecule has 0 spiro atoms. The zero-order valence-electron chi connectivity index (χ0n) is 10.6. The van der Waals surface area contributed by atoms with Gasteiger partial charge in [0.25, 0.3) is 5.91 Å². The van der Waals surface area contributed by atoms with Crippen molar-refractivity contribution >= 4 is 23.0 Å². The van der Waals surface area contributed by atoms with Gasteiger partial charge in [-0.05, 0) is 18.2 Å². The van der Waals surface area contributed by atoms with Gasteiger partial charge in [0.05, 0.1) is 17.5 Å². The van der Waals surface area contributed by atoms with E-state index in [-0.39, 0.29) is 5.91 Å². The van der Waals surface area contributed by atoms with Gasteiger partial charge in [-0.1, -0.05) is 24.3 Å². The van der Waals surface area contributed by atoms with Gasteiger partial charge in [-0.2, -0.15) is 5.10 Å². The van der Waals surface area contributed by atoms with Crippen molar-refractivity contribution in [2.75, 3.05) is 0 Å². The number of benzene rings is 1. The molecule has 0 bridgehead atoms. The van der Waals surface area contributed by atoms with Crippen molar-refractivity contribution < 1.29 is 4.79 Å². The highest BCUT2D eigenvalue weighted by atomic mass is 16.2. The average molecular weight is 264 g/mol. The number of nitrogens with one attached hydrogen (secondary N) is 2. The summed E-state index contributed by atoms with van der Waals surface area (Å²) in [5.41, 5.74) is 4.67. The number of para-hydroxylation sites is 1. The van der Waals surface area contributed by atoms with Gasteiger partial charge in [0.15, 0.2) is 0 Å². The molecule has 0 fully saturated rings. The molecule has 0 atom stereocenters. The largest absolute Gasteiger partial charge is 0.360 e. The molecule has 3 rings (SSSR count). The van der Waals surface area contributed by atoms with Gasteiger partial charge < -0.3 is 4.98 Å². The maximum Gasteiger partial charge on any atom is 0.273 e.